The minimum absolute atomic E-state index is 0.480. The van der Waals surface area contributed by atoms with Crippen LogP contribution in [0.2, 0.25) is 0 Å². The van der Waals surface area contributed by atoms with Gasteiger partial charge in [-0.25, -0.2) is 9.97 Å². The van der Waals surface area contributed by atoms with Crippen LogP contribution in [0.1, 0.15) is 26.1 Å². The SMILES string of the molecule is CC(C)Cc1nc2cc(Br)cnc2n1CCC#N. The van der Waals surface area contributed by atoms with Crippen LogP contribution in [0, 0.1) is 17.2 Å². The van der Waals surface area contributed by atoms with E-state index < -0.39 is 0 Å². The smallest absolute Gasteiger partial charge is 0.160 e. The van der Waals surface area contributed by atoms with Gasteiger partial charge in [0.2, 0.25) is 0 Å². The molecule has 0 fully saturated rings. The zero-order valence-corrected chi connectivity index (χ0v) is 12.1. The molecule has 5 heteroatoms. The molecule has 0 N–H and O–H groups in total. The van der Waals surface area contributed by atoms with E-state index in [1.807, 2.05) is 6.07 Å². The Bertz CT molecular complexity index is 595. The minimum atomic E-state index is 0.480. The van der Waals surface area contributed by atoms with Crippen LogP contribution in [0.5, 0.6) is 0 Å². The number of nitriles is 1. The lowest BCUT2D eigenvalue weighted by Gasteiger charge is -2.08. The molecule has 0 radical (unpaired) electrons. The summed E-state index contributed by atoms with van der Waals surface area (Å²) in [6.45, 7) is 4.98. The van der Waals surface area contributed by atoms with E-state index >= 15 is 0 Å². The van der Waals surface area contributed by atoms with Gasteiger partial charge >= 0.3 is 0 Å². The molecular formula is C13H15BrN4. The third-order valence-electron chi connectivity index (χ3n) is 2.67. The van der Waals surface area contributed by atoms with Gasteiger partial charge in [0.05, 0.1) is 12.5 Å². The number of rotatable bonds is 4. The highest BCUT2D eigenvalue weighted by atomic mass is 79.9. The summed E-state index contributed by atoms with van der Waals surface area (Å²) in [4.78, 5) is 9.03. The molecule has 0 saturated carbocycles. The molecule has 2 aromatic rings. The monoisotopic (exact) mass is 306 g/mol. The van der Waals surface area contributed by atoms with Gasteiger partial charge in [0.25, 0.3) is 0 Å². The summed E-state index contributed by atoms with van der Waals surface area (Å²) in [5, 5.41) is 8.74. The van der Waals surface area contributed by atoms with E-state index in [9.17, 15) is 0 Å². The summed E-state index contributed by atoms with van der Waals surface area (Å²) in [7, 11) is 0. The van der Waals surface area contributed by atoms with E-state index in [0.717, 1.165) is 27.9 Å². The Kier molecular flexibility index (Phi) is 3.97. The van der Waals surface area contributed by atoms with E-state index in [4.69, 9.17) is 5.26 Å². The predicted octanol–water partition coefficient (Wildman–Crippen LogP) is 3.31. The second-order valence-electron chi connectivity index (χ2n) is 4.68. The second-order valence-corrected chi connectivity index (χ2v) is 5.60. The molecule has 0 bridgehead atoms. The van der Waals surface area contributed by atoms with Gasteiger partial charge in [-0.05, 0) is 27.9 Å². The fourth-order valence-corrected chi connectivity index (χ4v) is 2.27. The van der Waals surface area contributed by atoms with Crippen molar-refractivity contribution in [2.75, 3.05) is 0 Å². The van der Waals surface area contributed by atoms with Crippen LogP contribution < -0.4 is 0 Å². The maximum absolute atomic E-state index is 8.74. The van der Waals surface area contributed by atoms with Crippen molar-refractivity contribution in [3.05, 3.63) is 22.6 Å². The van der Waals surface area contributed by atoms with Gasteiger partial charge in [0, 0.05) is 23.6 Å². The number of aromatic nitrogens is 3. The van der Waals surface area contributed by atoms with Crippen LogP contribution in [0.25, 0.3) is 11.2 Å². The number of fused-ring (bicyclic) bond motifs is 1. The van der Waals surface area contributed by atoms with Crippen molar-refractivity contribution >= 4 is 27.1 Å². The molecule has 4 nitrogen and oxygen atoms in total. The van der Waals surface area contributed by atoms with Crippen LogP contribution in [0.15, 0.2) is 16.7 Å². The number of imidazole rings is 1. The maximum atomic E-state index is 8.74. The number of hydrogen-bond acceptors (Lipinski definition) is 3. The van der Waals surface area contributed by atoms with Crippen molar-refractivity contribution in [3.63, 3.8) is 0 Å². The normalized spacial score (nSPS) is 11.1. The van der Waals surface area contributed by atoms with Crippen LogP contribution in [-0.4, -0.2) is 14.5 Å². The largest absolute Gasteiger partial charge is 0.312 e. The molecule has 0 unspecified atom stereocenters. The Labute approximate surface area is 115 Å². The zero-order valence-electron chi connectivity index (χ0n) is 10.5. The summed E-state index contributed by atoms with van der Waals surface area (Å²) in [6, 6.07) is 4.14. The summed E-state index contributed by atoms with van der Waals surface area (Å²) in [5.41, 5.74) is 1.75. The quantitative estimate of drug-likeness (QED) is 0.871. The number of aryl methyl sites for hydroxylation is 1. The first kappa shape index (κ1) is 13.0. The Balaban J connectivity index is 2.49. The summed E-state index contributed by atoms with van der Waals surface area (Å²) >= 11 is 3.41. The molecule has 2 heterocycles. The molecule has 0 atom stereocenters. The summed E-state index contributed by atoms with van der Waals surface area (Å²) in [6.07, 6.45) is 3.15. The molecule has 2 aromatic heterocycles. The van der Waals surface area contributed by atoms with Crippen LogP contribution in [-0.2, 0) is 13.0 Å². The molecular weight excluding hydrogens is 292 g/mol. The summed E-state index contributed by atoms with van der Waals surface area (Å²) in [5.74, 6) is 1.55. The van der Waals surface area contributed by atoms with Crippen molar-refractivity contribution in [1.29, 1.82) is 5.26 Å². The van der Waals surface area contributed by atoms with Crippen molar-refractivity contribution in [2.24, 2.45) is 5.92 Å². The highest BCUT2D eigenvalue weighted by Crippen LogP contribution is 2.20. The van der Waals surface area contributed by atoms with E-state index in [0.29, 0.717) is 18.9 Å². The molecule has 0 aromatic carbocycles. The Hall–Kier alpha value is -1.41. The Morgan fingerprint density at radius 3 is 2.94 bits per heavy atom. The third-order valence-corrected chi connectivity index (χ3v) is 3.10. The lowest BCUT2D eigenvalue weighted by Crippen LogP contribution is -2.07. The number of pyridine rings is 1. The highest BCUT2D eigenvalue weighted by molar-refractivity contribution is 9.10. The number of hydrogen-bond donors (Lipinski definition) is 0. The van der Waals surface area contributed by atoms with Crippen LogP contribution in [0.3, 0.4) is 0 Å². The first-order chi connectivity index (χ1) is 8.61. The first-order valence-electron chi connectivity index (χ1n) is 5.99. The van der Waals surface area contributed by atoms with Crippen molar-refractivity contribution in [1.82, 2.24) is 14.5 Å². The maximum Gasteiger partial charge on any atom is 0.160 e. The van der Waals surface area contributed by atoms with Gasteiger partial charge in [-0.3, -0.25) is 0 Å². The molecule has 0 aliphatic heterocycles. The Morgan fingerprint density at radius 2 is 2.28 bits per heavy atom. The Morgan fingerprint density at radius 1 is 1.50 bits per heavy atom. The molecule has 0 aliphatic carbocycles. The average molecular weight is 307 g/mol. The van der Waals surface area contributed by atoms with Gasteiger partial charge in [-0.2, -0.15) is 5.26 Å². The molecule has 18 heavy (non-hydrogen) atoms. The topological polar surface area (TPSA) is 54.5 Å². The van der Waals surface area contributed by atoms with Gasteiger partial charge in [0.15, 0.2) is 5.65 Å². The lowest BCUT2D eigenvalue weighted by atomic mass is 10.1. The van der Waals surface area contributed by atoms with E-state index in [1.165, 1.54) is 0 Å². The molecule has 0 amide bonds. The lowest BCUT2D eigenvalue weighted by molar-refractivity contribution is 0.580. The molecule has 94 valence electrons. The molecule has 0 spiro atoms. The van der Waals surface area contributed by atoms with Gasteiger partial charge in [-0.15, -0.1) is 0 Å². The molecule has 0 saturated heterocycles. The first-order valence-corrected chi connectivity index (χ1v) is 6.78. The van der Waals surface area contributed by atoms with Gasteiger partial charge in [-0.1, -0.05) is 13.8 Å². The highest BCUT2D eigenvalue weighted by Gasteiger charge is 2.13. The molecule has 0 aliphatic rings. The number of nitrogens with zero attached hydrogens (tertiary/aromatic N) is 4. The fraction of sp³-hybridized carbons (Fsp3) is 0.462. The zero-order chi connectivity index (χ0) is 13.1. The second kappa shape index (κ2) is 5.49. The van der Waals surface area contributed by atoms with E-state index in [1.54, 1.807) is 6.20 Å². The third kappa shape index (κ3) is 2.70. The number of halogens is 1. The molecule has 2 rings (SSSR count). The van der Waals surface area contributed by atoms with Gasteiger partial charge in [0.1, 0.15) is 11.3 Å². The average Bonchev–Trinajstić information content (AvgIpc) is 2.62. The predicted molar refractivity (Wildman–Crippen MR) is 74.0 cm³/mol. The van der Waals surface area contributed by atoms with Crippen molar-refractivity contribution in [3.8, 4) is 6.07 Å². The van der Waals surface area contributed by atoms with Crippen LogP contribution in [0.4, 0.5) is 0 Å². The van der Waals surface area contributed by atoms with E-state index in [-0.39, 0.29) is 0 Å². The summed E-state index contributed by atoms with van der Waals surface area (Å²) < 4.78 is 2.99. The van der Waals surface area contributed by atoms with E-state index in [2.05, 4.69) is 50.4 Å². The van der Waals surface area contributed by atoms with Gasteiger partial charge < -0.3 is 4.57 Å². The fourth-order valence-electron chi connectivity index (χ4n) is 1.95. The van der Waals surface area contributed by atoms with Crippen molar-refractivity contribution in [2.45, 2.75) is 33.2 Å². The van der Waals surface area contributed by atoms with Crippen molar-refractivity contribution < 1.29 is 0 Å². The standard InChI is InChI=1S/C13H15BrN4/c1-9(2)6-12-17-11-7-10(14)8-16-13(11)18(12)5-3-4-15/h7-9H,3,5-6H2,1-2H3. The van der Waals surface area contributed by atoms with Crippen LogP contribution >= 0.6 is 15.9 Å². The minimum Gasteiger partial charge on any atom is -0.312 e.